The molecule has 0 saturated carbocycles. The van der Waals surface area contributed by atoms with Gasteiger partial charge in [0.25, 0.3) is 5.91 Å². The second-order valence-corrected chi connectivity index (χ2v) is 6.44. The maximum Gasteiger partial charge on any atom is 0.257 e. The van der Waals surface area contributed by atoms with Crippen molar-refractivity contribution >= 4 is 23.4 Å². The van der Waals surface area contributed by atoms with Gasteiger partial charge in [0.05, 0.1) is 23.1 Å². The molecular weight excluding hydrogens is 328 g/mol. The maximum absolute atomic E-state index is 12.7. The van der Waals surface area contributed by atoms with Crippen molar-refractivity contribution in [2.45, 2.75) is 19.8 Å². The van der Waals surface area contributed by atoms with E-state index in [2.05, 4.69) is 5.10 Å². The molecule has 24 heavy (non-hydrogen) atoms. The summed E-state index contributed by atoms with van der Waals surface area (Å²) < 4.78 is 1.70. The molecule has 0 aliphatic carbocycles. The lowest BCUT2D eigenvalue weighted by Crippen LogP contribution is -2.41. The van der Waals surface area contributed by atoms with Crippen LogP contribution < -0.4 is 5.73 Å². The van der Waals surface area contributed by atoms with Crippen LogP contribution in [0.25, 0.3) is 5.69 Å². The number of primary amides is 1. The quantitative estimate of drug-likeness (QED) is 0.924. The smallest absolute Gasteiger partial charge is 0.257 e. The highest BCUT2D eigenvalue weighted by molar-refractivity contribution is 6.30. The number of nitrogens with two attached hydrogens (primary N) is 1. The lowest BCUT2D eigenvalue weighted by molar-refractivity contribution is -0.123. The van der Waals surface area contributed by atoms with E-state index < -0.39 is 0 Å². The molecule has 6 nitrogen and oxygen atoms in total. The summed E-state index contributed by atoms with van der Waals surface area (Å²) in [4.78, 5) is 25.7. The number of benzene rings is 1. The van der Waals surface area contributed by atoms with Crippen molar-refractivity contribution in [2.24, 2.45) is 11.7 Å². The first-order valence-electron chi connectivity index (χ1n) is 7.86. The van der Waals surface area contributed by atoms with Gasteiger partial charge < -0.3 is 10.6 Å². The summed E-state index contributed by atoms with van der Waals surface area (Å²) in [5.74, 6) is -0.486. The number of halogens is 1. The molecule has 0 bridgehead atoms. The Balaban J connectivity index is 1.79. The van der Waals surface area contributed by atoms with Gasteiger partial charge in [-0.05, 0) is 38.0 Å². The number of likely N-dealkylation sites (tertiary alicyclic amines) is 1. The zero-order valence-electron chi connectivity index (χ0n) is 13.4. The van der Waals surface area contributed by atoms with E-state index in [9.17, 15) is 9.59 Å². The Morgan fingerprint density at radius 3 is 2.62 bits per heavy atom. The number of aromatic nitrogens is 2. The molecule has 0 atom stereocenters. The highest BCUT2D eigenvalue weighted by Crippen LogP contribution is 2.22. The third-order valence-corrected chi connectivity index (χ3v) is 4.71. The Hall–Kier alpha value is -2.34. The van der Waals surface area contributed by atoms with Crippen LogP contribution in [0.1, 0.15) is 28.9 Å². The number of nitrogens with zero attached hydrogens (tertiary/aromatic N) is 3. The number of carbonyl (C=O) groups excluding carboxylic acids is 2. The van der Waals surface area contributed by atoms with E-state index in [0.29, 0.717) is 36.5 Å². The number of rotatable bonds is 3. The minimum absolute atomic E-state index is 0.0660. The van der Waals surface area contributed by atoms with Crippen molar-refractivity contribution < 1.29 is 9.59 Å². The summed E-state index contributed by atoms with van der Waals surface area (Å²) in [6, 6.07) is 7.32. The van der Waals surface area contributed by atoms with Crippen LogP contribution in [0.5, 0.6) is 0 Å². The van der Waals surface area contributed by atoms with Crippen LogP contribution in [0.15, 0.2) is 30.5 Å². The summed E-state index contributed by atoms with van der Waals surface area (Å²) in [5.41, 5.74) is 7.47. The van der Waals surface area contributed by atoms with Gasteiger partial charge in [0.1, 0.15) is 0 Å². The molecule has 0 radical (unpaired) electrons. The minimum Gasteiger partial charge on any atom is -0.369 e. The predicted molar refractivity (Wildman–Crippen MR) is 91.1 cm³/mol. The number of hydrogen-bond acceptors (Lipinski definition) is 3. The molecule has 1 aliphatic heterocycles. The third kappa shape index (κ3) is 3.14. The van der Waals surface area contributed by atoms with Crippen molar-refractivity contribution in [2.75, 3.05) is 13.1 Å². The van der Waals surface area contributed by atoms with Crippen LogP contribution in [0.3, 0.4) is 0 Å². The Labute approximate surface area is 145 Å². The van der Waals surface area contributed by atoms with Crippen molar-refractivity contribution in [3.8, 4) is 5.69 Å². The Morgan fingerprint density at radius 2 is 2.00 bits per heavy atom. The highest BCUT2D eigenvalue weighted by Gasteiger charge is 2.28. The topological polar surface area (TPSA) is 81.2 Å². The lowest BCUT2D eigenvalue weighted by Gasteiger charge is -2.30. The fourth-order valence-electron chi connectivity index (χ4n) is 3.03. The molecule has 1 fully saturated rings. The van der Waals surface area contributed by atoms with E-state index in [1.165, 1.54) is 0 Å². The molecular formula is C17H19ClN4O2. The highest BCUT2D eigenvalue weighted by atomic mass is 35.5. The lowest BCUT2D eigenvalue weighted by atomic mass is 9.96. The Bertz CT molecular complexity index is 779. The third-order valence-electron chi connectivity index (χ3n) is 4.48. The van der Waals surface area contributed by atoms with Gasteiger partial charge >= 0.3 is 0 Å². The van der Waals surface area contributed by atoms with Crippen LogP contribution >= 0.6 is 11.6 Å². The van der Waals surface area contributed by atoms with Gasteiger partial charge in [-0.2, -0.15) is 5.10 Å². The SMILES string of the molecule is Cc1c(C(=O)N2CCC(C(N)=O)CC2)cnn1-c1cccc(Cl)c1. The molecule has 2 heterocycles. The number of hydrogen-bond donors (Lipinski definition) is 1. The van der Waals surface area contributed by atoms with Gasteiger partial charge in [-0.15, -0.1) is 0 Å². The van der Waals surface area contributed by atoms with E-state index in [1.807, 2.05) is 19.1 Å². The van der Waals surface area contributed by atoms with Crippen LogP contribution in [0.2, 0.25) is 5.02 Å². The summed E-state index contributed by atoms with van der Waals surface area (Å²) in [5, 5.41) is 4.94. The average Bonchev–Trinajstić information content (AvgIpc) is 2.96. The van der Waals surface area contributed by atoms with Crippen molar-refractivity contribution in [3.05, 3.63) is 46.7 Å². The summed E-state index contributed by atoms with van der Waals surface area (Å²) in [7, 11) is 0. The molecule has 1 aliphatic rings. The van der Waals surface area contributed by atoms with Crippen LogP contribution in [-0.2, 0) is 4.79 Å². The Kier molecular flexibility index (Phi) is 4.57. The first kappa shape index (κ1) is 16.5. The van der Waals surface area contributed by atoms with E-state index in [-0.39, 0.29) is 17.7 Å². The molecule has 0 unspecified atom stereocenters. The fourth-order valence-corrected chi connectivity index (χ4v) is 3.21. The van der Waals surface area contributed by atoms with Crippen molar-refractivity contribution in [3.63, 3.8) is 0 Å². The van der Waals surface area contributed by atoms with Gasteiger partial charge in [0.2, 0.25) is 5.91 Å². The molecule has 1 saturated heterocycles. The molecule has 1 aromatic carbocycles. The molecule has 0 spiro atoms. The second-order valence-electron chi connectivity index (χ2n) is 6.00. The molecule has 3 rings (SSSR count). The van der Waals surface area contributed by atoms with Crippen LogP contribution in [0.4, 0.5) is 0 Å². The molecule has 126 valence electrons. The number of piperidine rings is 1. The molecule has 2 N–H and O–H groups in total. The molecule has 2 aromatic rings. The van der Waals surface area contributed by atoms with E-state index in [4.69, 9.17) is 17.3 Å². The standard InChI is InChI=1S/C17H19ClN4O2/c1-11-15(10-20-22(11)14-4-2-3-13(18)9-14)17(24)21-7-5-12(6-8-21)16(19)23/h2-4,9-10,12H,5-8H2,1H3,(H2,19,23). The summed E-state index contributed by atoms with van der Waals surface area (Å²) in [6.45, 7) is 2.93. The van der Waals surface area contributed by atoms with Crippen LogP contribution in [0, 0.1) is 12.8 Å². The zero-order valence-corrected chi connectivity index (χ0v) is 14.2. The van der Waals surface area contributed by atoms with E-state index in [0.717, 1.165) is 11.4 Å². The van der Waals surface area contributed by atoms with Gasteiger partial charge in [-0.3, -0.25) is 9.59 Å². The van der Waals surface area contributed by atoms with Gasteiger partial charge in [-0.25, -0.2) is 4.68 Å². The van der Waals surface area contributed by atoms with Gasteiger partial charge in [-0.1, -0.05) is 17.7 Å². The number of amides is 2. The van der Waals surface area contributed by atoms with Crippen molar-refractivity contribution in [1.29, 1.82) is 0 Å². The Morgan fingerprint density at radius 1 is 1.29 bits per heavy atom. The van der Waals surface area contributed by atoms with Crippen LogP contribution in [-0.4, -0.2) is 39.6 Å². The normalized spacial score (nSPS) is 15.5. The van der Waals surface area contributed by atoms with Crippen molar-refractivity contribution in [1.82, 2.24) is 14.7 Å². The average molecular weight is 347 g/mol. The molecule has 1 aromatic heterocycles. The zero-order chi connectivity index (χ0) is 17.3. The first-order valence-corrected chi connectivity index (χ1v) is 8.24. The fraction of sp³-hybridized carbons (Fsp3) is 0.353. The van der Waals surface area contributed by atoms with E-state index in [1.54, 1.807) is 27.9 Å². The number of carbonyl (C=O) groups is 2. The second kappa shape index (κ2) is 6.65. The molecule has 7 heteroatoms. The van der Waals surface area contributed by atoms with Gasteiger partial charge in [0, 0.05) is 24.0 Å². The monoisotopic (exact) mass is 346 g/mol. The van der Waals surface area contributed by atoms with Gasteiger partial charge in [0.15, 0.2) is 0 Å². The molecule has 2 amide bonds. The largest absolute Gasteiger partial charge is 0.369 e. The summed E-state index contributed by atoms with van der Waals surface area (Å²) in [6.07, 6.45) is 2.81. The predicted octanol–water partition coefficient (Wildman–Crippen LogP) is 2.17. The summed E-state index contributed by atoms with van der Waals surface area (Å²) >= 11 is 6.02. The van der Waals surface area contributed by atoms with E-state index >= 15 is 0 Å². The maximum atomic E-state index is 12.7. The first-order chi connectivity index (χ1) is 11.5. The minimum atomic E-state index is -0.285.